The molecule has 5 N–H and O–H groups in total. The first-order valence-corrected chi connectivity index (χ1v) is 11.1. The molecule has 1 aliphatic heterocycles. The fraction of sp³-hybridized carbons (Fsp3) is 0.652. The Morgan fingerprint density at radius 1 is 1.42 bits per heavy atom. The molecule has 2 rings (SSSR count). The lowest BCUT2D eigenvalue weighted by Crippen LogP contribution is -2.56. The van der Waals surface area contributed by atoms with E-state index >= 15 is 0 Å². The van der Waals surface area contributed by atoms with E-state index < -0.39 is 6.17 Å². The zero-order chi connectivity index (χ0) is 23.0. The van der Waals surface area contributed by atoms with Crippen LogP contribution in [0.2, 0.25) is 0 Å². The van der Waals surface area contributed by atoms with E-state index in [1.54, 1.807) is 18.1 Å². The van der Waals surface area contributed by atoms with E-state index in [2.05, 4.69) is 35.1 Å². The van der Waals surface area contributed by atoms with E-state index in [0.717, 1.165) is 25.0 Å². The molecule has 0 saturated heterocycles. The SMILES string of the molecule is CNCCN(C)NC(=O)C(N)NC(C)C=CC(C)C1CC=NC1C1C=CC(F)=C(C)C1. The molecule has 1 amide bonds. The second kappa shape index (κ2) is 12.2. The summed E-state index contributed by atoms with van der Waals surface area (Å²) in [7, 11) is 3.67. The molecule has 0 radical (unpaired) electrons. The van der Waals surface area contributed by atoms with Gasteiger partial charge in [0.1, 0.15) is 12.0 Å². The zero-order valence-corrected chi connectivity index (χ0v) is 19.4. The summed E-state index contributed by atoms with van der Waals surface area (Å²) >= 11 is 0. The van der Waals surface area contributed by atoms with Gasteiger partial charge < -0.3 is 11.1 Å². The molecule has 1 heterocycles. The van der Waals surface area contributed by atoms with Gasteiger partial charge in [0.25, 0.3) is 5.91 Å². The van der Waals surface area contributed by atoms with Crippen LogP contribution in [0, 0.1) is 17.8 Å². The topological polar surface area (TPSA) is 94.8 Å². The molecule has 0 saturated carbocycles. The van der Waals surface area contributed by atoms with Crippen LogP contribution in [0.25, 0.3) is 0 Å². The summed E-state index contributed by atoms with van der Waals surface area (Å²) in [5.41, 5.74) is 9.58. The summed E-state index contributed by atoms with van der Waals surface area (Å²) in [6.07, 6.45) is 10.6. The van der Waals surface area contributed by atoms with Crippen molar-refractivity contribution in [3.8, 4) is 0 Å². The van der Waals surface area contributed by atoms with E-state index in [4.69, 9.17) is 10.7 Å². The minimum Gasteiger partial charge on any atom is -0.318 e. The lowest BCUT2D eigenvalue weighted by Gasteiger charge is -2.30. The summed E-state index contributed by atoms with van der Waals surface area (Å²) in [5.74, 6) is 0.544. The number of allylic oxidation sites excluding steroid dienone is 4. The highest BCUT2D eigenvalue weighted by Gasteiger charge is 2.34. The van der Waals surface area contributed by atoms with Crippen molar-refractivity contribution in [3.05, 3.63) is 35.7 Å². The van der Waals surface area contributed by atoms with Crippen LogP contribution >= 0.6 is 0 Å². The van der Waals surface area contributed by atoms with Crippen molar-refractivity contribution in [2.24, 2.45) is 28.5 Å². The van der Waals surface area contributed by atoms with Crippen molar-refractivity contribution in [1.82, 2.24) is 21.1 Å². The van der Waals surface area contributed by atoms with Crippen LogP contribution in [0.5, 0.6) is 0 Å². The number of halogens is 1. The summed E-state index contributed by atoms with van der Waals surface area (Å²) < 4.78 is 13.7. The van der Waals surface area contributed by atoms with Gasteiger partial charge in [-0.15, -0.1) is 0 Å². The molecular formula is C23H39FN6O. The molecule has 31 heavy (non-hydrogen) atoms. The Bertz CT molecular complexity index is 719. The Morgan fingerprint density at radius 3 is 2.84 bits per heavy atom. The van der Waals surface area contributed by atoms with Gasteiger partial charge in [-0.05, 0) is 63.4 Å². The number of nitrogens with zero attached hydrogens (tertiary/aromatic N) is 2. The fourth-order valence-electron chi connectivity index (χ4n) is 4.10. The highest BCUT2D eigenvalue weighted by Crippen LogP contribution is 2.37. The molecule has 6 atom stereocenters. The van der Waals surface area contributed by atoms with E-state index in [0.29, 0.717) is 18.4 Å². The predicted molar refractivity (Wildman–Crippen MR) is 125 cm³/mol. The van der Waals surface area contributed by atoms with Crippen LogP contribution in [0.15, 0.2) is 40.7 Å². The third kappa shape index (κ3) is 7.64. The Kier molecular flexibility index (Phi) is 10.0. The molecule has 0 spiro atoms. The van der Waals surface area contributed by atoms with Gasteiger partial charge in [-0.3, -0.25) is 20.5 Å². The maximum absolute atomic E-state index is 13.7. The van der Waals surface area contributed by atoms with Gasteiger partial charge in [-0.1, -0.05) is 25.2 Å². The molecule has 0 aromatic heterocycles. The minimum atomic E-state index is -0.799. The molecule has 0 bridgehead atoms. The van der Waals surface area contributed by atoms with Gasteiger partial charge in [0.2, 0.25) is 0 Å². The molecule has 1 aliphatic carbocycles. The molecule has 0 aromatic rings. The average molecular weight is 435 g/mol. The molecule has 2 aliphatic rings. The molecule has 7 nitrogen and oxygen atoms in total. The van der Waals surface area contributed by atoms with Crippen molar-refractivity contribution >= 4 is 12.1 Å². The van der Waals surface area contributed by atoms with Crippen LogP contribution in [0.3, 0.4) is 0 Å². The maximum Gasteiger partial charge on any atom is 0.265 e. The second-order valence-corrected chi connectivity index (χ2v) is 8.76. The first-order chi connectivity index (χ1) is 14.7. The molecule has 0 aromatic carbocycles. The first kappa shape index (κ1) is 25.4. The number of amides is 1. The van der Waals surface area contributed by atoms with E-state index in [9.17, 15) is 9.18 Å². The standard InChI is InChI=1S/C23H39FN6O/c1-15(19-10-11-27-21(19)18-8-9-20(24)16(2)14-18)6-7-17(3)28-22(25)23(31)29-30(5)13-12-26-4/h6-9,11,15,17-19,21-22,26,28H,10,12-14,25H2,1-5H3,(H,29,31). The highest BCUT2D eigenvalue weighted by atomic mass is 19.1. The van der Waals surface area contributed by atoms with E-state index in [-0.39, 0.29) is 29.7 Å². The van der Waals surface area contributed by atoms with Crippen molar-refractivity contribution in [1.29, 1.82) is 0 Å². The highest BCUT2D eigenvalue weighted by molar-refractivity contribution is 5.80. The number of hydrogen-bond acceptors (Lipinski definition) is 6. The van der Waals surface area contributed by atoms with Crippen molar-refractivity contribution in [2.45, 2.75) is 51.9 Å². The van der Waals surface area contributed by atoms with E-state index in [1.165, 1.54) is 0 Å². The fourth-order valence-corrected chi connectivity index (χ4v) is 4.10. The number of aliphatic imine (C=N–C) groups is 1. The molecular weight excluding hydrogens is 395 g/mol. The summed E-state index contributed by atoms with van der Waals surface area (Å²) in [6, 6.07) is 0.115. The van der Waals surface area contributed by atoms with Gasteiger partial charge in [0, 0.05) is 32.1 Å². The van der Waals surface area contributed by atoms with Gasteiger partial charge in [0.05, 0.1) is 6.04 Å². The molecule has 8 heteroatoms. The van der Waals surface area contributed by atoms with Crippen LogP contribution in [-0.4, -0.2) is 62.6 Å². The number of hydrogen-bond donors (Lipinski definition) is 4. The van der Waals surface area contributed by atoms with Crippen LogP contribution < -0.4 is 21.8 Å². The number of nitrogens with one attached hydrogen (secondary N) is 3. The largest absolute Gasteiger partial charge is 0.318 e. The third-order valence-corrected chi connectivity index (χ3v) is 6.07. The number of carbonyl (C=O) groups is 1. The van der Waals surface area contributed by atoms with E-state index in [1.807, 2.05) is 33.2 Å². The van der Waals surface area contributed by atoms with Gasteiger partial charge in [-0.25, -0.2) is 9.40 Å². The zero-order valence-electron chi connectivity index (χ0n) is 19.4. The molecule has 174 valence electrons. The minimum absolute atomic E-state index is 0.0552. The number of carbonyl (C=O) groups excluding carboxylic acids is 1. The number of nitrogens with two attached hydrogens (primary N) is 1. The van der Waals surface area contributed by atoms with Gasteiger partial charge in [0.15, 0.2) is 0 Å². The average Bonchev–Trinajstić information content (AvgIpc) is 3.22. The second-order valence-electron chi connectivity index (χ2n) is 8.76. The molecule has 6 unspecified atom stereocenters. The Balaban J connectivity index is 1.84. The summed E-state index contributed by atoms with van der Waals surface area (Å²) in [4.78, 5) is 16.9. The number of likely N-dealkylation sites (N-methyl/N-ethyl adjacent to an activating group) is 2. The summed E-state index contributed by atoms with van der Waals surface area (Å²) in [6.45, 7) is 7.47. The van der Waals surface area contributed by atoms with Gasteiger partial charge in [-0.2, -0.15) is 0 Å². The monoisotopic (exact) mass is 434 g/mol. The Labute approximate surface area is 186 Å². The molecule has 0 fully saturated rings. The quantitative estimate of drug-likeness (QED) is 0.226. The van der Waals surface area contributed by atoms with Crippen LogP contribution in [-0.2, 0) is 4.79 Å². The van der Waals surface area contributed by atoms with Crippen LogP contribution in [0.4, 0.5) is 4.39 Å². The van der Waals surface area contributed by atoms with Crippen LogP contribution in [0.1, 0.15) is 33.6 Å². The normalized spacial score (nSPS) is 26.6. The lowest BCUT2D eigenvalue weighted by atomic mass is 9.77. The number of rotatable bonds is 11. The smallest absolute Gasteiger partial charge is 0.265 e. The maximum atomic E-state index is 13.7. The third-order valence-electron chi connectivity index (χ3n) is 6.07. The summed E-state index contributed by atoms with van der Waals surface area (Å²) in [5, 5.41) is 7.86. The van der Waals surface area contributed by atoms with Crippen molar-refractivity contribution in [2.75, 3.05) is 27.2 Å². The lowest BCUT2D eigenvalue weighted by molar-refractivity contribution is -0.127. The number of hydrazine groups is 1. The predicted octanol–water partition coefficient (Wildman–Crippen LogP) is 1.90. The Morgan fingerprint density at radius 2 is 2.16 bits per heavy atom. The first-order valence-electron chi connectivity index (χ1n) is 11.1. The van der Waals surface area contributed by atoms with Crippen molar-refractivity contribution in [3.63, 3.8) is 0 Å². The Hall–Kier alpha value is -1.87. The van der Waals surface area contributed by atoms with Gasteiger partial charge >= 0.3 is 0 Å². The van der Waals surface area contributed by atoms with Crippen molar-refractivity contribution < 1.29 is 9.18 Å².